The Labute approximate surface area is 95.7 Å². The molecule has 1 aromatic heterocycles. The highest BCUT2D eigenvalue weighted by Crippen LogP contribution is 2.15. The van der Waals surface area contributed by atoms with E-state index in [-0.39, 0.29) is 0 Å². The van der Waals surface area contributed by atoms with Crippen LogP contribution in [0.5, 0.6) is 0 Å². The van der Waals surface area contributed by atoms with Crippen LogP contribution in [0.25, 0.3) is 0 Å². The molecule has 1 aliphatic rings. The predicted octanol–water partition coefficient (Wildman–Crippen LogP) is 0.282. The molecule has 0 aromatic carbocycles. The average molecular weight is 222 g/mol. The zero-order valence-corrected chi connectivity index (χ0v) is 9.80. The topological polar surface area (TPSA) is 52.5 Å². The van der Waals surface area contributed by atoms with Gasteiger partial charge in [0.2, 0.25) is 0 Å². The highest BCUT2D eigenvalue weighted by molar-refractivity contribution is 5.38. The van der Waals surface area contributed by atoms with E-state index in [2.05, 4.69) is 26.8 Å². The van der Waals surface area contributed by atoms with Gasteiger partial charge in [-0.25, -0.2) is 9.97 Å². The van der Waals surface area contributed by atoms with Gasteiger partial charge in [-0.3, -0.25) is 0 Å². The number of hydrogen-bond donors (Lipinski definition) is 1. The van der Waals surface area contributed by atoms with Crippen LogP contribution in [0.1, 0.15) is 18.9 Å². The third-order valence-electron chi connectivity index (χ3n) is 2.86. The van der Waals surface area contributed by atoms with Gasteiger partial charge < -0.3 is 14.9 Å². The van der Waals surface area contributed by atoms with Crippen LogP contribution < -0.4 is 4.90 Å². The molecule has 1 N–H and O–H groups in total. The molecule has 2 rings (SSSR count). The van der Waals surface area contributed by atoms with Crippen LogP contribution in [0.2, 0.25) is 0 Å². The lowest BCUT2D eigenvalue weighted by Gasteiger charge is -2.33. The Bertz CT molecular complexity index is 348. The Balaban J connectivity index is 2.11. The van der Waals surface area contributed by atoms with Gasteiger partial charge in [0.1, 0.15) is 11.9 Å². The van der Waals surface area contributed by atoms with Crippen LogP contribution in [-0.4, -0.2) is 53.2 Å². The van der Waals surface area contributed by atoms with Crippen molar-refractivity contribution >= 4 is 5.82 Å². The molecule has 2 heterocycles. The second kappa shape index (κ2) is 4.76. The van der Waals surface area contributed by atoms with Crippen LogP contribution in [0.4, 0.5) is 5.82 Å². The molecule has 5 nitrogen and oxygen atoms in total. The molecule has 16 heavy (non-hydrogen) atoms. The number of aliphatic hydroxyl groups is 1. The Morgan fingerprint density at radius 2 is 2.00 bits per heavy atom. The molecule has 5 heteroatoms. The van der Waals surface area contributed by atoms with Crippen molar-refractivity contribution in [2.24, 2.45) is 0 Å². The van der Waals surface area contributed by atoms with Crippen molar-refractivity contribution in [2.45, 2.75) is 13.0 Å². The molecule has 1 fully saturated rings. The number of aliphatic hydroxyl groups excluding tert-OH is 1. The van der Waals surface area contributed by atoms with Crippen molar-refractivity contribution < 1.29 is 5.11 Å². The molecule has 1 aliphatic heterocycles. The normalized spacial score (nSPS) is 19.8. The molecule has 0 amide bonds. The van der Waals surface area contributed by atoms with E-state index < -0.39 is 6.10 Å². The number of anilines is 1. The van der Waals surface area contributed by atoms with E-state index in [0.29, 0.717) is 5.82 Å². The second-order valence-electron chi connectivity index (χ2n) is 4.24. The van der Waals surface area contributed by atoms with E-state index >= 15 is 0 Å². The second-order valence-corrected chi connectivity index (χ2v) is 4.24. The minimum Gasteiger partial charge on any atom is -0.385 e. The molecule has 0 aliphatic carbocycles. The van der Waals surface area contributed by atoms with Crippen molar-refractivity contribution in [2.75, 3.05) is 38.1 Å². The SMILES string of the molecule is C[C@@H](O)c1nccc(N2CCN(C)CC2)n1. The summed E-state index contributed by atoms with van der Waals surface area (Å²) >= 11 is 0. The zero-order chi connectivity index (χ0) is 11.5. The van der Waals surface area contributed by atoms with Crippen molar-refractivity contribution in [3.8, 4) is 0 Å². The van der Waals surface area contributed by atoms with E-state index in [4.69, 9.17) is 0 Å². The Hall–Kier alpha value is -1.20. The van der Waals surface area contributed by atoms with E-state index in [1.165, 1.54) is 0 Å². The molecule has 0 radical (unpaired) electrons. The first-order valence-corrected chi connectivity index (χ1v) is 5.61. The minimum atomic E-state index is -0.604. The lowest BCUT2D eigenvalue weighted by Crippen LogP contribution is -2.44. The van der Waals surface area contributed by atoms with Gasteiger partial charge in [-0.2, -0.15) is 0 Å². The van der Waals surface area contributed by atoms with E-state index in [1.54, 1.807) is 13.1 Å². The summed E-state index contributed by atoms with van der Waals surface area (Å²) in [6.07, 6.45) is 1.11. The lowest BCUT2D eigenvalue weighted by molar-refractivity contribution is 0.189. The Kier molecular flexibility index (Phi) is 3.36. The van der Waals surface area contributed by atoms with Crippen LogP contribution >= 0.6 is 0 Å². The number of rotatable bonds is 2. The first-order valence-electron chi connectivity index (χ1n) is 5.61. The number of hydrogen-bond acceptors (Lipinski definition) is 5. The minimum absolute atomic E-state index is 0.497. The first kappa shape index (κ1) is 11.3. The molecule has 0 bridgehead atoms. The van der Waals surface area contributed by atoms with Crippen LogP contribution in [0.15, 0.2) is 12.3 Å². The fraction of sp³-hybridized carbons (Fsp3) is 0.636. The molecule has 1 aromatic rings. The molecular weight excluding hydrogens is 204 g/mol. The number of likely N-dealkylation sites (N-methyl/N-ethyl adjacent to an activating group) is 1. The first-order chi connectivity index (χ1) is 7.66. The summed E-state index contributed by atoms with van der Waals surface area (Å²) in [7, 11) is 2.12. The van der Waals surface area contributed by atoms with E-state index in [1.807, 2.05) is 6.07 Å². The zero-order valence-electron chi connectivity index (χ0n) is 9.80. The maximum absolute atomic E-state index is 9.44. The summed E-state index contributed by atoms with van der Waals surface area (Å²) in [5, 5.41) is 9.44. The summed E-state index contributed by atoms with van der Waals surface area (Å²) in [6.45, 7) is 5.74. The van der Waals surface area contributed by atoms with Crippen LogP contribution in [0.3, 0.4) is 0 Å². The van der Waals surface area contributed by atoms with Gasteiger partial charge in [-0.1, -0.05) is 0 Å². The highest BCUT2D eigenvalue weighted by atomic mass is 16.3. The van der Waals surface area contributed by atoms with Gasteiger partial charge in [-0.05, 0) is 20.0 Å². The fourth-order valence-electron chi connectivity index (χ4n) is 1.78. The summed E-state index contributed by atoms with van der Waals surface area (Å²) in [5.74, 6) is 1.41. The maximum Gasteiger partial charge on any atom is 0.158 e. The largest absolute Gasteiger partial charge is 0.385 e. The van der Waals surface area contributed by atoms with E-state index in [9.17, 15) is 5.11 Å². The molecular formula is C11H18N4O. The highest BCUT2D eigenvalue weighted by Gasteiger charge is 2.16. The fourth-order valence-corrected chi connectivity index (χ4v) is 1.78. The third kappa shape index (κ3) is 2.48. The maximum atomic E-state index is 9.44. The van der Waals surface area contributed by atoms with Crippen molar-refractivity contribution in [1.29, 1.82) is 0 Å². The van der Waals surface area contributed by atoms with Gasteiger partial charge in [-0.15, -0.1) is 0 Å². The van der Waals surface area contributed by atoms with Gasteiger partial charge >= 0.3 is 0 Å². The molecule has 88 valence electrons. The lowest BCUT2D eigenvalue weighted by atomic mass is 10.3. The van der Waals surface area contributed by atoms with Crippen LogP contribution in [0, 0.1) is 0 Å². The Morgan fingerprint density at radius 3 is 2.62 bits per heavy atom. The number of aromatic nitrogens is 2. The van der Waals surface area contributed by atoms with Gasteiger partial charge in [0.05, 0.1) is 0 Å². The van der Waals surface area contributed by atoms with E-state index in [0.717, 1.165) is 32.0 Å². The molecule has 1 atom stereocenters. The molecule has 1 saturated heterocycles. The van der Waals surface area contributed by atoms with Crippen LogP contribution in [-0.2, 0) is 0 Å². The number of nitrogens with zero attached hydrogens (tertiary/aromatic N) is 4. The smallest absolute Gasteiger partial charge is 0.158 e. The quantitative estimate of drug-likeness (QED) is 0.779. The number of piperazine rings is 1. The predicted molar refractivity (Wildman–Crippen MR) is 62.4 cm³/mol. The standard InChI is InChI=1S/C11H18N4O/c1-9(16)11-12-4-3-10(13-11)15-7-5-14(2)6-8-15/h3-4,9,16H,5-8H2,1-2H3/t9-/m1/s1. The molecule has 0 unspecified atom stereocenters. The summed E-state index contributed by atoms with van der Waals surface area (Å²) in [6, 6.07) is 1.90. The van der Waals surface area contributed by atoms with Crippen molar-refractivity contribution in [3.05, 3.63) is 18.1 Å². The monoisotopic (exact) mass is 222 g/mol. The van der Waals surface area contributed by atoms with Crippen molar-refractivity contribution in [3.63, 3.8) is 0 Å². The van der Waals surface area contributed by atoms with Gasteiger partial charge in [0, 0.05) is 32.4 Å². The van der Waals surface area contributed by atoms with Gasteiger partial charge in [0.15, 0.2) is 5.82 Å². The third-order valence-corrected chi connectivity index (χ3v) is 2.86. The van der Waals surface area contributed by atoms with Gasteiger partial charge in [0.25, 0.3) is 0 Å². The molecule has 0 spiro atoms. The molecule has 0 saturated carbocycles. The summed E-state index contributed by atoms with van der Waals surface area (Å²) < 4.78 is 0. The Morgan fingerprint density at radius 1 is 1.31 bits per heavy atom. The average Bonchev–Trinajstić information content (AvgIpc) is 2.30. The summed E-state index contributed by atoms with van der Waals surface area (Å²) in [5.41, 5.74) is 0. The van der Waals surface area contributed by atoms with Crippen molar-refractivity contribution in [1.82, 2.24) is 14.9 Å². The summed E-state index contributed by atoms with van der Waals surface area (Å²) in [4.78, 5) is 12.9.